The highest BCUT2D eigenvalue weighted by atomic mass is 32.1. The van der Waals surface area contributed by atoms with Crippen LogP contribution < -0.4 is 0 Å². The zero-order chi connectivity index (χ0) is 35.6. The van der Waals surface area contributed by atoms with Crippen LogP contribution in [-0.4, -0.2) is 15.0 Å². The van der Waals surface area contributed by atoms with E-state index < -0.39 is 0 Å². The number of fused-ring (bicyclic) bond motifs is 7. The first kappa shape index (κ1) is 30.7. The van der Waals surface area contributed by atoms with Crippen LogP contribution in [0, 0.1) is 0 Å². The molecule has 0 atom stereocenters. The Hall–Kier alpha value is -6.95. The molecule has 0 N–H and O–H groups in total. The van der Waals surface area contributed by atoms with Gasteiger partial charge < -0.3 is 4.42 Å². The number of pyridine rings is 1. The van der Waals surface area contributed by atoms with Crippen LogP contribution in [-0.2, 0) is 0 Å². The summed E-state index contributed by atoms with van der Waals surface area (Å²) in [4.78, 5) is 15.1. The summed E-state index contributed by atoms with van der Waals surface area (Å²) in [5.41, 5.74) is 11.7. The molecule has 4 heterocycles. The molecule has 0 radical (unpaired) electrons. The zero-order valence-corrected chi connectivity index (χ0v) is 29.7. The van der Waals surface area contributed by atoms with Gasteiger partial charge in [-0.1, -0.05) is 133 Å². The van der Waals surface area contributed by atoms with Crippen molar-refractivity contribution in [2.24, 2.45) is 0 Å². The van der Waals surface area contributed by atoms with Crippen LogP contribution >= 0.6 is 11.3 Å². The molecule has 0 aliphatic carbocycles. The van der Waals surface area contributed by atoms with Crippen molar-refractivity contribution in [3.63, 3.8) is 0 Å². The van der Waals surface area contributed by atoms with Crippen molar-refractivity contribution >= 4 is 64.4 Å². The van der Waals surface area contributed by atoms with Gasteiger partial charge in [-0.2, -0.15) is 0 Å². The Kier molecular flexibility index (Phi) is 7.00. The van der Waals surface area contributed by atoms with Crippen LogP contribution in [0.4, 0.5) is 0 Å². The molecule has 252 valence electrons. The smallest absolute Gasteiger partial charge is 0.160 e. The van der Waals surface area contributed by atoms with Gasteiger partial charge in [0.05, 0.1) is 16.9 Å². The van der Waals surface area contributed by atoms with Crippen molar-refractivity contribution in [3.05, 3.63) is 176 Å². The van der Waals surface area contributed by atoms with Crippen molar-refractivity contribution in [2.75, 3.05) is 0 Å². The summed E-state index contributed by atoms with van der Waals surface area (Å²) in [5, 5.41) is 5.79. The molecule has 4 aromatic heterocycles. The fourth-order valence-corrected chi connectivity index (χ4v) is 8.91. The predicted molar refractivity (Wildman–Crippen MR) is 225 cm³/mol. The minimum absolute atomic E-state index is 0.661. The third-order valence-corrected chi connectivity index (χ3v) is 11.5. The molecular formula is C49H29N3OS. The number of benzene rings is 7. The van der Waals surface area contributed by atoms with E-state index in [4.69, 9.17) is 14.4 Å². The first-order valence-electron chi connectivity index (χ1n) is 18.0. The third kappa shape index (κ3) is 5.01. The summed E-state index contributed by atoms with van der Waals surface area (Å²) in [6.07, 6.45) is 1.85. The molecule has 54 heavy (non-hydrogen) atoms. The Balaban J connectivity index is 1.09. The minimum atomic E-state index is 0.661. The molecular weight excluding hydrogens is 679 g/mol. The topological polar surface area (TPSA) is 51.8 Å². The SMILES string of the molecule is c1ccc(-c2cc(-c3ccc(-c4ccc5c(c4)sc4ccccc45)c4oc5ccccc5c34)nc(-c3ccc(-c4cccc5cccnc45)cc3)n2)cc1. The van der Waals surface area contributed by atoms with Gasteiger partial charge in [0.25, 0.3) is 0 Å². The average molecular weight is 708 g/mol. The molecule has 5 heteroatoms. The van der Waals surface area contributed by atoms with E-state index >= 15 is 0 Å². The summed E-state index contributed by atoms with van der Waals surface area (Å²) in [6, 6.07) is 59.4. The second kappa shape index (κ2) is 12.3. The zero-order valence-electron chi connectivity index (χ0n) is 28.9. The van der Waals surface area contributed by atoms with Crippen LogP contribution in [0.3, 0.4) is 0 Å². The Bertz CT molecular complexity index is 3210. The van der Waals surface area contributed by atoms with E-state index in [1.807, 2.05) is 53.9 Å². The monoisotopic (exact) mass is 707 g/mol. The van der Waals surface area contributed by atoms with Gasteiger partial charge in [-0.3, -0.25) is 4.98 Å². The van der Waals surface area contributed by atoms with Gasteiger partial charge in [0.2, 0.25) is 0 Å². The highest BCUT2D eigenvalue weighted by Crippen LogP contribution is 2.44. The molecule has 11 aromatic rings. The van der Waals surface area contributed by atoms with Crippen molar-refractivity contribution in [1.29, 1.82) is 0 Å². The van der Waals surface area contributed by atoms with Crippen molar-refractivity contribution in [1.82, 2.24) is 15.0 Å². The van der Waals surface area contributed by atoms with Gasteiger partial charge in [0, 0.05) is 70.3 Å². The summed E-state index contributed by atoms with van der Waals surface area (Å²) in [6.45, 7) is 0. The van der Waals surface area contributed by atoms with E-state index in [0.29, 0.717) is 5.82 Å². The van der Waals surface area contributed by atoms with E-state index in [-0.39, 0.29) is 0 Å². The quantitative estimate of drug-likeness (QED) is 0.179. The summed E-state index contributed by atoms with van der Waals surface area (Å²) < 4.78 is 9.30. The predicted octanol–water partition coefficient (Wildman–Crippen LogP) is 13.6. The maximum Gasteiger partial charge on any atom is 0.160 e. The number of hydrogen-bond donors (Lipinski definition) is 0. The van der Waals surface area contributed by atoms with E-state index in [2.05, 4.69) is 138 Å². The molecule has 0 fully saturated rings. The number of hydrogen-bond acceptors (Lipinski definition) is 5. The summed E-state index contributed by atoms with van der Waals surface area (Å²) in [7, 11) is 0. The molecule has 7 aromatic carbocycles. The second-order valence-electron chi connectivity index (χ2n) is 13.6. The Morgan fingerprint density at radius 2 is 1.17 bits per heavy atom. The molecule has 0 unspecified atom stereocenters. The number of para-hydroxylation sites is 2. The van der Waals surface area contributed by atoms with E-state index in [1.54, 1.807) is 0 Å². The summed E-state index contributed by atoms with van der Waals surface area (Å²) in [5.74, 6) is 0.661. The first-order valence-corrected chi connectivity index (χ1v) is 18.8. The van der Waals surface area contributed by atoms with E-state index in [0.717, 1.165) is 83.2 Å². The Labute approximate surface area is 314 Å². The number of thiophene rings is 1. The van der Waals surface area contributed by atoms with E-state index in [9.17, 15) is 0 Å². The van der Waals surface area contributed by atoms with Crippen molar-refractivity contribution in [3.8, 4) is 56.2 Å². The Morgan fingerprint density at radius 3 is 2.07 bits per heavy atom. The number of rotatable bonds is 5. The van der Waals surface area contributed by atoms with Crippen LogP contribution in [0.15, 0.2) is 180 Å². The van der Waals surface area contributed by atoms with Crippen LogP contribution in [0.25, 0.3) is 109 Å². The lowest BCUT2D eigenvalue weighted by Crippen LogP contribution is -1.96. The highest BCUT2D eigenvalue weighted by molar-refractivity contribution is 7.25. The first-order chi connectivity index (χ1) is 26.7. The maximum absolute atomic E-state index is 6.74. The second-order valence-corrected chi connectivity index (χ2v) is 14.6. The fourth-order valence-electron chi connectivity index (χ4n) is 7.77. The molecule has 0 saturated carbocycles. The number of nitrogens with zero attached hydrogens (tertiary/aromatic N) is 3. The van der Waals surface area contributed by atoms with Gasteiger partial charge in [-0.15, -0.1) is 11.3 Å². The lowest BCUT2D eigenvalue weighted by molar-refractivity contribution is 0.670. The lowest BCUT2D eigenvalue weighted by atomic mass is 9.95. The van der Waals surface area contributed by atoms with Crippen LogP contribution in [0.2, 0.25) is 0 Å². The van der Waals surface area contributed by atoms with Crippen LogP contribution in [0.1, 0.15) is 0 Å². The summed E-state index contributed by atoms with van der Waals surface area (Å²) >= 11 is 1.83. The molecule has 11 rings (SSSR count). The molecule has 0 aliphatic heterocycles. The number of aromatic nitrogens is 3. The molecule has 0 aliphatic rings. The number of furan rings is 1. The molecule has 4 nitrogen and oxygen atoms in total. The molecule has 0 amide bonds. The minimum Gasteiger partial charge on any atom is -0.455 e. The lowest BCUT2D eigenvalue weighted by Gasteiger charge is -2.12. The standard InChI is InChI=1S/C49H29N3OS/c1-2-10-31(11-3-1)41-29-42(52-49(51-41)33-21-19-30(20-22-33)35-16-8-12-32-13-9-27-50-47(32)35)39-26-25-36(48-46(39)40-15-4-6-17-43(40)53-48)34-23-24-38-37-14-5-7-18-44(37)54-45(38)28-34/h1-29H. The average Bonchev–Trinajstić information content (AvgIpc) is 3.82. The van der Waals surface area contributed by atoms with E-state index in [1.165, 1.54) is 20.2 Å². The normalized spacial score (nSPS) is 11.7. The molecule has 0 bridgehead atoms. The van der Waals surface area contributed by atoms with Gasteiger partial charge >= 0.3 is 0 Å². The Morgan fingerprint density at radius 1 is 0.444 bits per heavy atom. The van der Waals surface area contributed by atoms with Gasteiger partial charge in [0.15, 0.2) is 5.82 Å². The van der Waals surface area contributed by atoms with Crippen molar-refractivity contribution in [2.45, 2.75) is 0 Å². The largest absolute Gasteiger partial charge is 0.455 e. The fraction of sp³-hybridized carbons (Fsp3) is 0. The molecule has 0 spiro atoms. The van der Waals surface area contributed by atoms with Crippen molar-refractivity contribution < 1.29 is 4.42 Å². The third-order valence-electron chi connectivity index (χ3n) is 10.4. The van der Waals surface area contributed by atoms with Gasteiger partial charge in [-0.25, -0.2) is 9.97 Å². The maximum atomic E-state index is 6.74. The van der Waals surface area contributed by atoms with Gasteiger partial charge in [-0.05, 0) is 47.5 Å². The van der Waals surface area contributed by atoms with Crippen LogP contribution in [0.5, 0.6) is 0 Å². The molecule has 0 saturated heterocycles. The highest BCUT2D eigenvalue weighted by Gasteiger charge is 2.20. The van der Waals surface area contributed by atoms with Gasteiger partial charge in [0.1, 0.15) is 11.2 Å².